The van der Waals surface area contributed by atoms with E-state index in [1.54, 1.807) is 23.6 Å². The van der Waals surface area contributed by atoms with Gasteiger partial charge in [-0.2, -0.15) is 0 Å². The molecular weight excluding hydrogens is 429 g/mol. The first-order valence-corrected chi connectivity index (χ1v) is 11.5. The first-order chi connectivity index (χ1) is 14.4. The van der Waals surface area contributed by atoms with E-state index in [0.717, 1.165) is 23.5 Å². The average molecular weight is 450 g/mol. The van der Waals surface area contributed by atoms with Crippen LogP contribution in [0.3, 0.4) is 0 Å². The zero-order valence-electron chi connectivity index (χ0n) is 16.1. The molecule has 158 valence electrons. The molecule has 2 N–H and O–H groups in total. The molecular formula is C20H20FN3O4S2. The summed E-state index contributed by atoms with van der Waals surface area (Å²) in [7, 11) is -3.86. The molecule has 0 atom stereocenters. The van der Waals surface area contributed by atoms with Gasteiger partial charge >= 0.3 is 0 Å². The summed E-state index contributed by atoms with van der Waals surface area (Å²) >= 11 is 1.11. The Morgan fingerprint density at radius 2 is 1.90 bits per heavy atom. The van der Waals surface area contributed by atoms with Gasteiger partial charge in [0, 0.05) is 11.8 Å². The van der Waals surface area contributed by atoms with Gasteiger partial charge < -0.3 is 10.1 Å². The number of halogens is 1. The molecule has 10 heteroatoms. The number of para-hydroxylation sites is 2. The molecule has 3 aromatic rings. The van der Waals surface area contributed by atoms with E-state index in [-0.39, 0.29) is 22.4 Å². The minimum absolute atomic E-state index is 0.0620. The second-order valence-corrected chi connectivity index (χ2v) is 8.72. The summed E-state index contributed by atoms with van der Waals surface area (Å²) in [5.74, 6) is -0.129. The maximum Gasteiger partial charge on any atom is 0.263 e. The number of rotatable bonds is 9. The summed E-state index contributed by atoms with van der Waals surface area (Å²) < 4.78 is 45.5. The molecule has 0 saturated heterocycles. The highest BCUT2D eigenvalue weighted by Crippen LogP contribution is 2.24. The second-order valence-electron chi connectivity index (χ2n) is 6.18. The monoisotopic (exact) mass is 449 g/mol. The van der Waals surface area contributed by atoms with Crippen molar-refractivity contribution in [1.82, 2.24) is 4.98 Å². The van der Waals surface area contributed by atoms with Gasteiger partial charge in [0.15, 0.2) is 5.13 Å². The van der Waals surface area contributed by atoms with Crippen molar-refractivity contribution >= 4 is 38.1 Å². The fraction of sp³-hybridized carbons (Fsp3) is 0.200. The smallest absolute Gasteiger partial charge is 0.263 e. The van der Waals surface area contributed by atoms with Crippen LogP contribution >= 0.6 is 11.3 Å². The summed E-state index contributed by atoms with van der Waals surface area (Å²) in [6, 6.07) is 11.7. The molecule has 0 spiro atoms. The third kappa shape index (κ3) is 5.77. The highest BCUT2D eigenvalue weighted by atomic mass is 32.2. The molecule has 0 fully saturated rings. The predicted octanol–water partition coefficient (Wildman–Crippen LogP) is 4.05. The van der Waals surface area contributed by atoms with E-state index in [1.807, 2.05) is 13.0 Å². The van der Waals surface area contributed by atoms with E-state index in [1.165, 1.54) is 12.1 Å². The van der Waals surface area contributed by atoms with Gasteiger partial charge in [-0.1, -0.05) is 12.1 Å². The first kappa shape index (κ1) is 21.7. The number of thiazole rings is 1. The summed E-state index contributed by atoms with van der Waals surface area (Å²) in [5, 5.41) is 4.67. The van der Waals surface area contributed by atoms with Crippen LogP contribution in [-0.4, -0.2) is 25.9 Å². The van der Waals surface area contributed by atoms with Crippen LogP contribution in [0.4, 0.5) is 15.2 Å². The molecule has 0 unspecified atom stereocenters. The largest absolute Gasteiger partial charge is 0.492 e. The standard InChI is InChI=1S/C20H20FN3O4S2/c1-2-28-18-6-4-3-5-17(18)23-19(25)12-9-15-13-29-20(22-15)24-30(26,27)16-10-7-14(21)8-11-16/h3-8,10-11,13H,2,9,12H2,1H3,(H,22,24)(H,23,25). The number of sulfonamides is 1. The Balaban J connectivity index is 1.57. The molecule has 0 saturated carbocycles. The number of hydrogen-bond acceptors (Lipinski definition) is 6. The topological polar surface area (TPSA) is 97.4 Å². The van der Waals surface area contributed by atoms with E-state index >= 15 is 0 Å². The van der Waals surface area contributed by atoms with E-state index in [4.69, 9.17) is 4.74 Å². The van der Waals surface area contributed by atoms with Crippen LogP contribution in [0, 0.1) is 5.82 Å². The first-order valence-electron chi connectivity index (χ1n) is 9.12. The molecule has 3 rings (SSSR count). The van der Waals surface area contributed by atoms with E-state index < -0.39 is 15.8 Å². The Kier molecular flexibility index (Phi) is 7.01. The molecule has 1 amide bonds. The van der Waals surface area contributed by atoms with Gasteiger partial charge in [-0.3, -0.25) is 9.52 Å². The van der Waals surface area contributed by atoms with Crippen LogP contribution in [0.5, 0.6) is 5.75 Å². The van der Waals surface area contributed by atoms with Crippen molar-refractivity contribution < 1.29 is 22.3 Å². The number of aryl methyl sites for hydroxylation is 1. The highest BCUT2D eigenvalue weighted by molar-refractivity contribution is 7.93. The number of hydrogen-bond donors (Lipinski definition) is 2. The Morgan fingerprint density at radius 3 is 2.63 bits per heavy atom. The van der Waals surface area contributed by atoms with E-state index in [2.05, 4.69) is 15.0 Å². The fourth-order valence-corrected chi connectivity index (χ4v) is 4.56. The van der Waals surface area contributed by atoms with Crippen LogP contribution in [0.25, 0.3) is 0 Å². The minimum Gasteiger partial charge on any atom is -0.492 e. The van der Waals surface area contributed by atoms with Crippen molar-refractivity contribution in [2.24, 2.45) is 0 Å². The average Bonchev–Trinajstić information content (AvgIpc) is 3.15. The Hall–Kier alpha value is -2.98. The Morgan fingerprint density at radius 1 is 1.17 bits per heavy atom. The summed E-state index contributed by atoms with van der Waals surface area (Å²) in [5.41, 5.74) is 1.18. The lowest BCUT2D eigenvalue weighted by Gasteiger charge is -2.10. The molecule has 0 bridgehead atoms. The Bertz CT molecular complexity index is 1120. The normalized spacial score (nSPS) is 11.1. The zero-order chi connectivity index (χ0) is 21.6. The molecule has 30 heavy (non-hydrogen) atoms. The number of carbonyl (C=O) groups is 1. The third-order valence-electron chi connectivity index (χ3n) is 3.97. The minimum atomic E-state index is -3.86. The van der Waals surface area contributed by atoms with Crippen LogP contribution < -0.4 is 14.8 Å². The highest BCUT2D eigenvalue weighted by Gasteiger charge is 2.16. The number of carbonyl (C=O) groups excluding carboxylic acids is 1. The second kappa shape index (κ2) is 9.68. The quantitative estimate of drug-likeness (QED) is 0.514. The molecule has 0 radical (unpaired) electrons. The van der Waals surface area contributed by atoms with Crippen LogP contribution in [0.2, 0.25) is 0 Å². The van der Waals surface area contributed by atoms with Crippen molar-refractivity contribution in [3.05, 3.63) is 65.4 Å². The van der Waals surface area contributed by atoms with E-state index in [9.17, 15) is 17.6 Å². The lowest BCUT2D eigenvalue weighted by Crippen LogP contribution is -2.14. The van der Waals surface area contributed by atoms with Gasteiger partial charge in [0.2, 0.25) is 5.91 Å². The van der Waals surface area contributed by atoms with Gasteiger partial charge in [-0.15, -0.1) is 11.3 Å². The van der Waals surface area contributed by atoms with Gasteiger partial charge in [0.05, 0.1) is 22.9 Å². The molecule has 1 heterocycles. The van der Waals surface area contributed by atoms with Gasteiger partial charge in [0.1, 0.15) is 11.6 Å². The summed E-state index contributed by atoms with van der Waals surface area (Å²) in [6.45, 7) is 2.35. The van der Waals surface area contributed by atoms with Crippen LogP contribution in [0.15, 0.2) is 58.8 Å². The summed E-state index contributed by atoms with van der Waals surface area (Å²) in [6.07, 6.45) is 0.520. The number of amides is 1. The SMILES string of the molecule is CCOc1ccccc1NC(=O)CCc1csc(NS(=O)(=O)c2ccc(F)cc2)n1. The molecule has 2 aromatic carbocycles. The number of benzene rings is 2. The molecule has 0 aliphatic carbocycles. The fourth-order valence-electron chi connectivity index (χ4n) is 2.56. The molecule has 7 nitrogen and oxygen atoms in total. The molecule has 1 aromatic heterocycles. The molecule has 0 aliphatic rings. The number of nitrogens with zero attached hydrogens (tertiary/aromatic N) is 1. The molecule has 0 aliphatic heterocycles. The van der Waals surface area contributed by atoms with Crippen molar-refractivity contribution in [1.29, 1.82) is 0 Å². The van der Waals surface area contributed by atoms with Crippen LogP contribution in [-0.2, 0) is 21.2 Å². The maximum atomic E-state index is 13.0. The van der Waals surface area contributed by atoms with Crippen molar-refractivity contribution in [3.8, 4) is 5.75 Å². The number of ether oxygens (including phenoxy) is 1. The van der Waals surface area contributed by atoms with Crippen molar-refractivity contribution in [2.75, 3.05) is 16.6 Å². The van der Waals surface area contributed by atoms with Crippen molar-refractivity contribution in [3.63, 3.8) is 0 Å². The van der Waals surface area contributed by atoms with Crippen molar-refractivity contribution in [2.45, 2.75) is 24.7 Å². The lowest BCUT2D eigenvalue weighted by molar-refractivity contribution is -0.116. The zero-order valence-corrected chi connectivity index (χ0v) is 17.7. The summed E-state index contributed by atoms with van der Waals surface area (Å²) in [4.78, 5) is 16.4. The third-order valence-corrected chi connectivity index (χ3v) is 6.26. The lowest BCUT2D eigenvalue weighted by atomic mass is 10.2. The number of aromatic nitrogens is 1. The van der Waals surface area contributed by atoms with Gasteiger partial charge in [-0.25, -0.2) is 17.8 Å². The Labute approximate surface area is 178 Å². The number of anilines is 2. The number of nitrogens with one attached hydrogen (secondary N) is 2. The van der Waals surface area contributed by atoms with E-state index in [0.29, 0.717) is 30.2 Å². The predicted molar refractivity (Wildman–Crippen MR) is 114 cm³/mol. The van der Waals surface area contributed by atoms with Gasteiger partial charge in [0.25, 0.3) is 10.0 Å². The maximum absolute atomic E-state index is 13.0. The van der Waals surface area contributed by atoms with Crippen LogP contribution in [0.1, 0.15) is 19.0 Å². The van der Waals surface area contributed by atoms with Gasteiger partial charge in [-0.05, 0) is 49.7 Å².